The SMILES string of the molecule is CC(C)(O)C#Cc1ccc(Oc2ccc(S(=O)(=O)c3ccc(Oc4ccc(Oc5ccccc5S(=O)(=O)c5ccc(Oc6cccc(Oc7ccc(S(=O)(=O)c8ccc(Oc9ccc(C#CC(C)(C)O)cc9)cc8)cc7)c6)cc5)cc4)cc3)cc2)cc1. The Morgan fingerprint density at radius 3 is 0.851 bits per heavy atom. The van der Waals surface area contributed by atoms with Crippen LogP contribution in [0, 0.1) is 23.7 Å². The molecule has 17 heteroatoms. The second-order valence-electron chi connectivity index (χ2n) is 20.5. The summed E-state index contributed by atoms with van der Waals surface area (Å²) < 4.78 is 118. The van der Waals surface area contributed by atoms with Gasteiger partial charge < -0.3 is 38.6 Å². The van der Waals surface area contributed by atoms with Gasteiger partial charge in [-0.2, -0.15) is 0 Å². The van der Waals surface area contributed by atoms with Crippen LogP contribution in [0.5, 0.6) is 69.0 Å². The van der Waals surface area contributed by atoms with Gasteiger partial charge >= 0.3 is 0 Å². The minimum atomic E-state index is -4.10. The zero-order chi connectivity index (χ0) is 61.4. The van der Waals surface area contributed by atoms with Crippen LogP contribution in [-0.4, -0.2) is 46.7 Å². The van der Waals surface area contributed by atoms with Gasteiger partial charge in [0.05, 0.1) is 24.5 Å². The van der Waals surface area contributed by atoms with Gasteiger partial charge in [0.25, 0.3) is 0 Å². The minimum Gasteiger partial charge on any atom is -0.457 e. The van der Waals surface area contributed by atoms with Crippen molar-refractivity contribution in [3.8, 4) is 92.7 Å². The number of hydrogen-bond acceptors (Lipinski definition) is 14. The molecule has 0 atom stereocenters. The van der Waals surface area contributed by atoms with E-state index < -0.39 is 40.7 Å². The molecule has 0 bridgehead atoms. The maximum atomic E-state index is 14.1. The fourth-order valence-electron chi connectivity index (χ4n) is 8.24. The molecule has 0 amide bonds. The smallest absolute Gasteiger partial charge is 0.210 e. The van der Waals surface area contributed by atoms with Gasteiger partial charge in [-0.1, -0.05) is 41.9 Å². The van der Waals surface area contributed by atoms with Crippen LogP contribution in [-0.2, 0) is 29.5 Å². The van der Waals surface area contributed by atoms with Crippen molar-refractivity contribution >= 4 is 29.5 Å². The highest BCUT2D eigenvalue weighted by atomic mass is 32.2. The predicted molar refractivity (Wildman–Crippen MR) is 328 cm³/mol. The van der Waals surface area contributed by atoms with Gasteiger partial charge in [0.1, 0.15) is 85.1 Å². The van der Waals surface area contributed by atoms with Gasteiger partial charge in [-0.15, -0.1) is 0 Å². The lowest BCUT2D eigenvalue weighted by Gasteiger charge is -2.13. The molecule has 10 aromatic rings. The summed E-state index contributed by atoms with van der Waals surface area (Å²) in [5.41, 5.74) is -0.815. The summed E-state index contributed by atoms with van der Waals surface area (Å²) >= 11 is 0. The van der Waals surface area contributed by atoms with Crippen LogP contribution in [0.2, 0.25) is 0 Å². The lowest BCUT2D eigenvalue weighted by atomic mass is 10.1. The lowest BCUT2D eigenvalue weighted by Crippen LogP contribution is -2.14. The van der Waals surface area contributed by atoms with Crippen LogP contribution in [0.25, 0.3) is 0 Å². The molecule has 14 nitrogen and oxygen atoms in total. The van der Waals surface area contributed by atoms with Gasteiger partial charge in [0.15, 0.2) is 0 Å². The summed E-state index contributed by atoms with van der Waals surface area (Å²) in [6, 6.07) is 63.6. The average Bonchev–Trinajstić information content (AvgIpc) is 3.41. The molecule has 0 saturated heterocycles. The molecule has 0 aliphatic heterocycles. The third kappa shape index (κ3) is 15.6. The summed E-state index contributed by atoms with van der Waals surface area (Å²) in [5, 5.41) is 19.7. The van der Waals surface area contributed by atoms with Crippen molar-refractivity contribution in [3.05, 3.63) is 254 Å². The third-order valence-electron chi connectivity index (χ3n) is 12.6. The van der Waals surface area contributed by atoms with E-state index in [0.717, 1.165) is 0 Å². The summed E-state index contributed by atoms with van der Waals surface area (Å²) in [4.78, 5) is 0.204. The first-order chi connectivity index (χ1) is 41.5. The van der Waals surface area contributed by atoms with Gasteiger partial charge in [-0.3, -0.25) is 0 Å². The molecule has 0 aromatic heterocycles. The van der Waals surface area contributed by atoms with Gasteiger partial charge in [-0.25, -0.2) is 25.3 Å². The third-order valence-corrected chi connectivity index (χ3v) is 18.0. The molecule has 0 unspecified atom stereocenters. The van der Waals surface area contributed by atoms with Gasteiger partial charge in [0, 0.05) is 17.2 Å². The van der Waals surface area contributed by atoms with Crippen molar-refractivity contribution in [2.75, 3.05) is 0 Å². The van der Waals surface area contributed by atoms with Crippen molar-refractivity contribution in [2.24, 2.45) is 0 Å². The normalized spacial score (nSPS) is 11.7. The molecule has 0 aliphatic rings. The van der Waals surface area contributed by atoms with Crippen LogP contribution in [0.1, 0.15) is 38.8 Å². The summed E-state index contributed by atoms with van der Waals surface area (Å²) in [5.74, 6) is 16.0. The van der Waals surface area contributed by atoms with Crippen LogP contribution < -0.4 is 28.4 Å². The van der Waals surface area contributed by atoms with Gasteiger partial charge in [0.2, 0.25) is 29.5 Å². The fraction of sp³-hybridized carbons (Fsp3) is 0.0857. The molecule has 0 radical (unpaired) electrons. The fourth-order valence-corrected chi connectivity index (χ4v) is 12.1. The van der Waals surface area contributed by atoms with Gasteiger partial charge in [-0.05, 0) is 246 Å². The zero-order valence-electron chi connectivity index (χ0n) is 47.1. The Bertz CT molecular complexity index is 4560. The molecule has 0 heterocycles. The van der Waals surface area contributed by atoms with E-state index in [0.29, 0.717) is 74.4 Å². The zero-order valence-corrected chi connectivity index (χ0v) is 49.6. The Balaban J connectivity index is 0.710. The number of rotatable bonds is 18. The summed E-state index contributed by atoms with van der Waals surface area (Å²) in [7, 11) is -11.9. The van der Waals surface area contributed by atoms with E-state index in [-0.39, 0.29) is 35.1 Å². The highest BCUT2D eigenvalue weighted by Crippen LogP contribution is 2.37. The maximum Gasteiger partial charge on any atom is 0.210 e. The molecule has 0 fully saturated rings. The molecule has 0 saturated carbocycles. The number of aliphatic hydroxyl groups is 2. The first kappa shape index (κ1) is 60.0. The molecule has 2 N–H and O–H groups in total. The summed E-state index contributed by atoms with van der Waals surface area (Å²) in [6.07, 6.45) is 0. The van der Waals surface area contributed by atoms with E-state index in [1.54, 1.807) is 191 Å². The second-order valence-corrected chi connectivity index (χ2v) is 26.4. The predicted octanol–water partition coefficient (Wildman–Crippen LogP) is 15.2. The van der Waals surface area contributed by atoms with E-state index in [4.69, 9.17) is 28.4 Å². The number of ether oxygens (including phenoxy) is 6. The highest BCUT2D eigenvalue weighted by molar-refractivity contribution is 7.92. The minimum absolute atomic E-state index is 0.00559. The van der Waals surface area contributed by atoms with Crippen molar-refractivity contribution in [1.82, 2.24) is 0 Å². The number of hydrogen-bond donors (Lipinski definition) is 2. The van der Waals surface area contributed by atoms with E-state index in [2.05, 4.69) is 23.7 Å². The van der Waals surface area contributed by atoms with E-state index >= 15 is 0 Å². The van der Waals surface area contributed by atoms with Crippen LogP contribution in [0.15, 0.2) is 272 Å². The molecule has 87 heavy (non-hydrogen) atoms. The molecular weight excluding hydrogens is 1160 g/mol. The number of sulfone groups is 3. The average molecular weight is 1220 g/mol. The Morgan fingerprint density at radius 2 is 0.540 bits per heavy atom. The largest absolute Gasteiger partial charge is 0.457 e. The Morgan fingerprint density at radius 1 is 0.287 bits per heavy atom. The summed E-state index contributed by atoms with van der Waals surface area (Å²) in [6.45, 7) is 6.41. The monoisotopic (exact) mass is 1210 g/mol. The van der Waals surface area contributed by atoms with Crippen LogP contribution in [0.3, 0.4) is 0 Å². The highest BCUT2D eigenvalue weighted by Gasteiger charge is 2.24. The Labute approximate surface area is 505 Å². The van der Waals surface area contributed by atoms with E-state index in [1.165, 1.54) is 78.9 Å². The quantitative estimate of drug-likeness (QED) is 0.0769. The van der Waals surface area contributed by atoms with Crippen molar-refractivity contribution in [2.45, 2.75) is 68.3 Å². The molecular formula is C70H54O14S3. The first-order valence-corrected chi connectivity index (χ1v) is 31.3. The van der Waals surface area contributed by atoms with Crippen LogP contribution in [0.4, 0.5) is 0 Å². The first-order valence-electron chi connectivity index (χ1n) is 26.8. The Kier molecular flexibility index (Phi) is 17.4. The number of para-hydroxylation sites is 1. The van der Waals surface area contributed by atoms with Crippen LogP contribution >= 0.6 is 0 Å². The van der Waals surface area contributed by atoms with E-state index in [9.17, 15) is 35.5 Å². The molecule has 10 rings (SSSR count). The van der Waals surface area contributed by atoms with Crippen molar-refractivity contribution in [3.63, 3.8) is 0 Å². The molecule has 436 valence electrons. The second kappa shape index (κ2) is 25.2. The standard InChI is InChI=1S/C70H54O14S3/c1-69(2,71)46-44-49-12-16-51(17-13-49)79-54-24-34-62(35-25-54)85(73,74)64-38-28-56(29-39-64)81-53-20-22-59(23-21-53)84-67-10-5-6-11-68(67)87(77,78)66-42-32-58(33-43-66)83-61-9-7-8-60(48-61)82-57-30-40-65(41-31-57)86(75,76)63-36-26-55(27-37-63)80-52-18-14-50(15-19-52)45-47-70(3,4)72/h5-43,48,71-72H,1-4H3. The van der Waals surface area contributed by atoms with Crippen molar-refractivity contribution in [1.29, 1.82) is 0 Å². The van der Waals surface area contributed by atoms with Crippen molar-refractivity contribution < 1.29 is 63.9 Å². The number of benzene rings is 10. The Hall–Kier alpha value is -10.1. The topological polar surface area (TPSA) is 198 Å². The maximum absolute atomic E-state index is 14.1. The molecule has 0 aliphatic carbocycles. The molecule has 10 aromatic carbocycles. The lowest BCUT2D eigenvalue weighted by molar-refractivity contribution is 0.143. The van der Waals surface area contributed by atoms with E-state index in [1.807, 2.05) is 0 Å². The molecule has 0 spiro atoms.